The fourth-order valence-corrected chi connectivity index (χ4v) is 3.92. The first-order chi connectivity index (χ1) is 16.3. The highest BCUT2D eigenvalue weighted by molar-refractivity contribution is 5.87. The molecule has 1 N–H and O–H groups in total. The molecule has 1 aromatic carbocycles. The van der Waals surface area contributed by atoms with Crippen LogP contribution in [0, 0.1) is 0 Å². The van der Waals surface area contributed by atoms with Gasteiger partial charge in [0.2, 0.25) is 6.41 Å². The molecule has 34 heavy (non-hydrogen) atoms. The molecule has 0 aliphatic heterocycles. The molecule has 0 saturated heterocycles. The number of carbonyl (C=O) groups is 1. The normalized spacial score (nSPS) is 13.6. The lowest BCUT2D eigenvalue weighted by molar-refractivity contribution is -0.136. The van der Waals surface area contributed by atoms with Crippen LogP contribution >= 0.6 is 0 Å². The first-order valence-corrected chi connectivity index (χ1v) is 10.9. The third-order valence-electron chi connectivity index (χ3n) is 5.43. The number of alkyl halides is 3. The molecule has 4 rings (SSSR count). The Labute approximate surface area is 194 Å². The number of benzene rings is 1. The molecule has 1 aliphatic rings. The minimum atomic E-state index is -4.83. The Morgan fingerprint density at radius 1 is 1.18 bits per heavy atom. The standard InChI is InChI=1S/C25H23F3N4O2/c1-2-13-31(16-33)21-14-19(25(26,27)28)23-20(34)15-22(29-17-9-5-3-6-10-17)32(24(23)30-21)18-11-7-4-8-12-18/h4-5,7-12,14-16,29H,2-3,6,13H2,1H3. The molecular formula is C25H23F3N4O2. The number of pyridine rings is 2. The van der Waals surface area contributed by atoms with Crippen molar-refractivity contribution in [3.63, 3.8) is 0 Å². The molecule has 0 fully saturated rings. The van der Waals surface area contributed by atoms with Gasteiger partial charge in [0.25, 0.3) is 0 Å². The van der Waals surface area contributed by atoms with Gasteiger partial charge in [-0.05, 0) is 43.5 Å². The molecule has 9 heteroatoms. The number of hydrogen-bond donors (Lipinski definition) is 1. The van der Waals surface area contributed by atoms with Crippen LogP contribution in [0.1, 0.15) is 31.7 Å². The highest BCUT2D eigenvalue weighted by Crippen LogP contribution is 2.37. The second-order valence-corrected chi connectivity index (χ2v) is 7.85. The van der Waals surface area contributed by atoms with E-state index in [0.717, 1.165) is 35.6 Å². The molecule has 1 aliphatic carbocycles. The smallest absolute Gasteiger partial charge is 0.341 e. The maximum absolute atomic E-state index is 14.1. The highest BCUT2D eigenvalue weighted by Gasteiger charge is 2.36. The van der Waals surface area contributed by atoms with Crippen LogP contribution in [0.4, 0.5) is 24.8 Å². The minimum Gasteiger partial charge on any atom is -0.341 e. The molecular weight excluding hydrogens is 445 g/mol. The number of anilines is 2. The average Bonchev–Trinajstić information content (AvgIpc) is 2.82. The number of nitrogens with one attached hydrogen (secondary N) is 1. The van der Waals surface area contributed by atoms with E-state index in [0.29, 0.717) is 18.5 Å². The Morgan fingerprint density at radius 2 is 1.94 bits per heavy atom. The van der Waals surface area contributed by atoms with E-state index in [2.05, 4.69) is 10.3 Å². The molecule has 6 nitrogen and oxygen atoms in total. The topological polar surface area (TPSA) is 67.2 Å². The SMILES string of the molecule is CCCN(C=O)c1cc(C(F)(F)F)c2c(=O)cc(NC3=CCCC=C3)n(-c3ccccc3)c2n1. The molecule has 0 saturated carbocycles. The molecule has 0 radical (unpaired) electrons. The number of hydrogen-bond acceptors (Lipinski definition) is 4. The monoisotopic (exact) mass is 468 g/mol. The third-order valence-corrected chi connectivity index (χ3v) is 5.43. The molecule has 176 valence electrons. The van der Waals surface area contributed by atoms with Crippen molar-refractivity contribution < 1.29 is 18.0 Å². The van der Waals surface area contributed by atoms with Crippen molar-refractivity contribution in [2.75, 3.05) is 16.8 Å². The van der Waals surface area contributed by atoms with E-state index in [1.54, 1.807) is 37.3 Å². The van der Waals surface area contributed by atoms with Gasteiger partial charge in [0.05, 0.1) is 10.9 Å². The van der Waals surface area contributed by atoms with Crippen LogP contribution in [0.3, 0.4) is 0 Å². The predicted octanol–water partition coefficient (Wildman–Crippen LogP) is 5.42. The van der Waals surface area contributed by atoms with Crippen molar-refractivity contribution >= 4 is 29.1 Å². The van der Waals surface area contributed by atoms with E-state index in [1.807, 2.05) is 18.2 Å². The van der Waals surface area contributed by atoms with E-state index in [9.17, 15) is 22.8 Å². The molecule has 2 heterocycles. The number of carbonyl (C=O) groups excluding carboxylic acids is 1. The lowest BCUT2D eigenvalue weighted by Gasteiger charge is -2.23. The lowest BCUT2D eigenvalue weighted by Crippen LogP contribution is -2.25. The fraction of sp³-hybridized carbons (Fsp3) is 0.240. The van der Waals surface area contributed by atoms with E-state index in [-0.39, 0.29) is 23.8 Å². The van der Waals surface area contributed by atoms with Gasteiger partial charge < -0.3 is 5.32 Å². The van der Waals surface area contributed by atoms with Crippen molar-refractivity contribution in [2.45, 2.75) is 32.4 Å². The van der Waals surface area contributed by atoms with Crippen LogP contribution in [-0.4, -0.2) is 22.5 Å². The van der Waals surface area contributed by atoms with E-state index in [4.69, 9.17) is 0 Å². The summed E-state index contributed by atoms with van der Waals surface area (Å²) in [6.45, 7) is 1.99. The number of aromatic nitrogens is 2. The van der Waals surface area contributed by atoms with Crippen LogP contribution in [0.5, 0.6) is 0 Å². The van der Waals surface area contributed by atoms with Crippen LogP contribution in [0.2, 0.25) is 0 Å². The van der Waals surface area contributed by atoms with Gasteiger partial charge in [-0.3, -0.25) is 19.1 Å². The number of allylic oxidation sites excluding steroid dienone is 3. The van der Waals surface area contributed by atoms with Crippen molar-refractivity contribution in [3.8, 4) is 5.69 Å². The summed E-state index contributed by atoms with van der Waals surface area (Å²) in [5, 5.41) is 2.61. The van der Waals surface area contributed by atoms with Gasteiger partial charge in [0.15, 0.2) is 11.1 Å². The van der Waals surface area contributed by atoms with Crippen LogP contribution < -0.4 is 15.6 Å². The fourth-order valence-electron chi connectivity index (χ4n) is 3.92. The number of amides is 1. The zero-order chi connectivity index (χ0) is 24.3. The van der Waals surface area contributed by atoms with Crippen molar-refractivity contribution in [1.82, 2.24) is 9.55 Å². The summed E-state index contributed by atoms with van der Waals surface area (Å²) in [5.41, 5.74) is -0.892. The molecule has 0 atom stereocenters. The Bertz CT molecular complexity index is 1330. The predicted molar refractivity (Wildman–Crippen MR) is 126 cm³/mol. The van der Waals surface area contributed by atoms with Crippen molar-refractivity contribution in [3.05, 3.63) is 82.2 Å². The zero-order valence-corrected chi connectivity index (χ0v) is 18.5. The number of halogens is 3. The second kappa shape index (κ2) is 9.54. The molecule has 0 spiro atoms. The lowest BCUT2D eigenvalue weighted by atomic mass is 10.1. The largest absolute Gasteiger partial charge is 0.417 e. The summed E-state index contributed by atoms with van der Waals surface area (Å²) in [7, 11) is 0. The summed E-state index contributed by atoms with van der Waals surface area (Å²) < 4.78 is 43.8. The second-order valence-electron chi connectivity index (χ2n) is 7.85. The molecule has 1 amide bonds. The highest BCUT2D eigenvalue weighted by atomic mass is 19.4. The van der Waals surface area contributed by atoms with Gasteiger partial charge in [-0.2, -0.15) is 13.2 Å². The Balaban J connectivity index is 2.09. The van der Waals surface area contributed by atoms with Gasteiger partial charge in [0, 0.05) is 24.0 Å². The summed E-state index contributed by atoms with van der Waals surface area (Å²) in [6, 6.07) is 10.6. The number of para-hydroxylation sites is 1. The average molecular weight is 468 g/mol. The number of fused-ring (bicyclic) bond motifs is 1. The molecule has 3 aromatic rings. The summed E-state index contributed by atoms with van der Waals surface area (Å²) in [4.78, 5) is 30.2. The quantitative estimate of drug-likeness (QED) is 0.470. The van der Waals surface area contributed by atoms with Gasteiger partial charge >= 0.3 is 6.18 Å². The summed E-state index contributed by atoms with van der Waals surface area (Å²) in [5.74, 6) is 0.0992. The van der Waals surface area contributed by atoms with Gasteiger partial charge in [0.1, 0.15) is 11.6 Å². The minimum absolute atomic E-state index is 0.172. The van der Waals surface area contributed by atoms with E-state index < -0.39 is 22.6 Å². The maximum Gasteiger partial charge on any atom is 0.417 e. The molecule has 0 bridgehead atoms. The molecule has 0 unspecified atom stereocenters. The number of nitrogens with zero attached hydrogens (tertiary/aromatic N) is 3. The van der Waals surface area contributed by atoms with E-state index >= 15 is 0 Å². The van der Waals surface area contributed by atoms with Crippen LogP contribution in [0.15, 0.2) is 71.2 Å². The number of rotatable bonds is 7. The zero-order valence-electron chi connectivity index (χ0n) is 18.5. The van der Waals surface area contributed by atoms with Crippen molar-refractivity contribution in [1.29, 1.82) is 0 Å². The summed E-state index contributed by atoms with van der Waals surface area (Å²) in [6.07, 6.45) is 3.60. The van der Waals surface area contributed by atoms with Crippen LogP contribution in [-0.2, 0) is 11.0 Å². The van der Waals surface area contributed by atoms with Crippen LogP contribution in [0.25, 0.3) is 16.7 Å². The van der Waals surface area contributed by atoms with Gasteiger partial charge in [-0.25, -0.2) is 4.98 Å². The van der Waals surface area contributed by atoms with Gasteiger partial charge in [-0.1, -0.05) is 37.3 Å². The summed E-state index contributed by atoms with van der Waals surface area (Å²) >= 11 is 0. The van der Waals surface area contributed by atoms with E-state index in [1.165, 1.54) is 4.57 Å². The first-order valence-electron chi connectivity index (χ1n) is 10.9. The Morgan fingerprint density at radius 3 is 2.56 bits per heavy atom. The Kier molecular flexibility index (Phi) is 6.54. The maximum atomic E-state index is 14.1. The van der Waals surface area contributed by atoms with Gasteiger partial charge in [-0.15, -0.1) is 0 Å². The first kappa shape index (κ1) is 23.3. The third kappa shape index (κ3) is 4.59. The van der Waals surface area contributed by atoms with Crippen molar-refractivity contribution in [2.24, 2.45) is 0 Å². The Hall–Kier alpha value is -3.88. The molecule has 2 aromatic heterocycles.